The minimum Gasteiger partial charge on any atom is -0.391 e. The molecule has 2 atom stereocenters. The lowest BCUT2D eigenvalue weighted by Gasteiger charge is -2.38. The Balaban J connectivity index is 1.81. The summed E-state index contributed by atoms with van der Waals surface area (Å²) in [6.45, 7) is 10.3. The third-order valence-corrected chi connectivity index (χ3v) is 4.66. The summed E-state index contributed by atoms with van der Waals surface area (Å²) in [6.07, 6.45) is -1.22. The lowest BCUT2D eigenvalue weighted by Crippen LogP contribution is -2.50. The fraction of sp³-hybridized carbons (Fsp3) is 0.667. The summed E-state index contributed by atoms with van der Waals surface area (Å²) in [7, 11) is 0. The fourth-order valence-electron chi connectivity index (χ4n) is 2.74. The molecule has 1 aliphatic rings. The van der Waals surface area contributed by atoms with E-state index in [1.165, 1.54) is 6.07 Å². The third kappa shape index (κ3) is 5.21. The second kappa shape index (κ2) is 7.87. The van der Waals surface area contributed by atoms with E-state index in [4.69, 9.17) is 0 Å². The second-order valence-electron chi connectivity index (χ2n) is 7.67. The van der Waals surface area contributed by atoms with Gasteiger partial charge in [0.1, 0.15) is 0 Å². The first-order valence-corrected chi connectivity index (χ1v) is 8.42. The predicted octanol–water partition coefficient (Wildman–Crippen LogP) is 2.02. The summed E-state index contributed by atoms with van der Waals surface area (Å²) in [5, 5.41) is 20.4. The lowest BCUT2D eigenvalue weighted by molar-refractivity contribution is 0.00716. The number of β-amino-alcohol motifs (C(OH)–C–C–N with tert-alkyl or cyclic N) is 2. The highest BCUT2D eigenvalue weighted by Crippen LogP contribution is 2.21. The maximum absolute atomic E-state index is 13.3. The van der Waals surface area contributed by atoms with Gasteiger partial charge in [-0.25, -0.2) is 8.78 Å². The van der Waals surface area contributed by atoms with Crippen LogP contribution in [-0.2, 0) is 0 Å². The van der Waals surface area contributed by atoms with Gasteiger partial charge in [0.05, 0.1) is 12.2 Å². The highest BCUT2D eigenvalue weighted by Gasteiger charge is 2.27. The molecule has 0 radical (unpaired) electrons. The Morgan fingerprint density at radius 2 is 1.50 bits per heavy atom. The van der Waals surface area contributed by atoms with Gasteiger partial charge < -0.3 is 10.2 Å². The molecule has 2 unspecified atom stereocenters. The van der Waals surface area contributed by atoms with Gasteiger partial charge in [0.15, 0.2) is 11.6 Å². The first-order valence-electron chi connectivity index (χ1n) is 8.42. The van der Waals surface area contributed by atoms with Crippen molar-refractivity contribution in [2.75, 3.05) is 39.3 Å². The molecule has 2 rings (SSSR count). The van der Waals surface area contributed by atoms with E-state index in [1.807, 2.05) is 20.8 Å². The monoisotopic (exact) mass is 342 g/mol. The molecule has 0 amide bonds. The molecule has 0 spiro atoms. The number of benzene rings is 1. The van der Waals surface area contributed by atoms with Gasteiger partial charge in [-0.05, 0) is 23.1 Å². The summed E-state index contributed by atoms with van der Waals surface area (Å²) in [6, 6.07) is 3.51. The Morgan fingerprint density at radius 1 is 0.958 bits per heavy atom. The molecule has 1 aromatic rings. The molecule has 0 aromatic heterocycles. The highest BCUT2D eigenvalue weighted by molar-refractivity contribution is 5.20. The van der Waals surface area contributed by atoms with Crippen LogP contribution in [0.3, 0.4) is 0 Å². The SMILES string of the molecule is CC(C)(C)C(O)CN1CCN(CC(O)c2ccc(F)c(F)c2)CC1. The lowest BCUT2D eigenvalue weighted by atomic mass is 9.89. The summed E-state index contributed by atoms with van der Waals surface area (Å²) in [5.74, 6) is -1.84. The molecule has 136 valence electrons. The maximum Gasteiger partial charge on any atom is 0.159 e. The Kier molecular flexibility index (Phi) is 6.31. The van der Waals surface area contributed by atoms with Crippen molar-refractivity contribution in [1.82, 2.24) is 9.80 Å². The van der Waals surface area contributed by atoms with E-state index < -0.39 is 17.7 Å². The van der Waals surface area contributed by atoms with Crippen LogP contribution in [0.5, 0.6) is 0 Å². The fourth-order valence-corrected chi connectivity index (χ4v) is 2.74. The zero-order chi connectivity index (χ0) is 17.9. The molecule has 1 heterocycles. The summed E-state index contributed by atoms with van der Waals surface area (Å²) in [5.41, 5.74) is 0.250. The molecule has 1 saturated heterocycles. The summed E-state index contributed by atoms with van der Waals surface area (Å²) >= 11 is 0. The highest BCUT2D eigenvalue weighted by atomic mass is 19.2. The molecular formula is C18H28F2N2O2. The number of halogens is 2. The van der Waals surface area contributed by atoms with Crippen LogP contribution in [0.15, 0.2) is 18.2 Å². The standard InChI is InChI=1S/C18H28F2N2O2/c1-18(2,3)17(24)12-22-8-6-21(7-9-22)11-16(23)13-4-5-14(19)15(20)10-13/h4-5,10,16-17,23-24H,6-9,11-12H2,1-3H3. The zero-order valence-corrected chi connectivity index (χ0v) is 14.7. The average molecular weight is 342 g/mol. The van der Waals surface area contributed by atoms with Gasteiger partial charge in [0.25, 0.3) is 0 Å². The maximum atomic E-state index is 13.3. The number of aliphatic hydroxyl groups is 2. The van der Waals surface area contributed by atoms with Crippen LogP contribution in [0, 0.1) is 17.0 Å². The van der Waals surface area contributed by atoms with Gasteiger partial charge in [0, 0.05) is 39.3 Å². The number of hydrogen-bond donors (Lipinski definition) is 2. The van der Waals surface area contributed by atoms with Crippen LogP contribution in [0.4, 0.5) is 8.78 Å². The van der Waals surface area contributed by atoms with Gasteiger partial charge >= 0.3 is 0 Å². The van der Waals surface area contributed by atoms with E-state index in [0.717, 1.165) is 38.3 Å². The molecule has 6 heteroatoms. The molecule has 4 nitrogen and oxygen atoms in total. The number of nitrogens with zero attached hydrogens (tertiary/aromatic N) is 2. The van der Waals surface area contributed by atoms with Crippen molar-refractivity contribution in [2.45, 2.75) is 33.0 Å². The molecule has 1 fully saturated rings. The molecule has 0 bridgehead atoms. The third-order valence-electron chi connectivity index (χ3n) is 4.66. The van der Waals surface area contributed by atoms with Crippen molar-refractivity contribution in [2.24, 2.45) is 5.41 Å². The van der Waals surface area contributed by atoms with Gasteiger partial charge in [0.2, 0.25) is 0 Å². The number of aliphatic hydroxyl groups excluding tert-OH is 2. The van der Waals surface area contributed by atoms with Crippen LogP contribution < -0.4 is 0 Å². The van der Waals surface area contributed by atoms with Crippen molar-refractivity contribution in [3.63, 3.8) is 0 Å². The van der Waals surface area contributed by atoms with E-state index >= 15 is 0 Å². The van der Waals surface area contributed by atoms with Crippen molar-refractivity contribution < 1.29 is 19.0 Å². The van der Waals surface area contributed by atoms with Gasteiger partial charge in [-0.2, -0.15) is 0 Å². The Morgan fingerprint density at radius 3 is 2.00 bits per heavy atom. The molecule has 0 aliphatic carbocycles. The second-order valence-corrected chi connectivity index (χ2v) is 7.67. The Hall–Kier alpha value is -1.08. The predicted molar refractivity (Wildman–Crippen MR) is 89.7 cm³/mol. The van der Waals surface area contributed by atoms with Crippen LogP contribution in [-0.4, -0.2) is 65.4 Å². The number of piperazine rings is 1. The average Bonchev–Trinajstić information content (AvgIpc) is 2.51. The van der Waals surface area contributed by atoms with Crippen molar-refractivity contribution in [3.8, 4) is 0 Å². The zero-order valence-electron chi connectivity index (χ0n) is 14.7. The minimum atomic E-state index is -0.937. The molecule has 24 heavy (non-hydrogen) atoms. The quantitative estimate of drug-likeness (QED) is 0.860. The van der Waals surface area contributed by atoms with E-state index in [1.54, 1.807) is 0 Å². The largest absolute Gasteiger partial charge is 0.391 e. The topological polar surface area (TPSA) is 46.9 Å². The van der Waals surface area contributed by atoms with Crippen LogP contribution in [0.25, 0.3) is 0 Å². The smallest absolute Gasteiger partial charge is 0.159 e. The first-order chi connectivity index (χ1) is 11.2. The van der Waals surface area contributed by atoms with Crippen LogP contribution in [0.1, 0.15) is 32.4 Å². The molecule has 2 N–H and O–H groups in total. The molecule has 1 aromatic carbocycles. The molecule has 0 saturated carbocycles. The van der Waals surface area contributed by atoms with E-state index in [-0.39, 0.29) is 11.5 Å². The minimum absolute atomic E-state index is 0.139. The van der Waals surface area contributed by atoms with Crippen LogP contribution in [0.2, 0.25) is 0 Å². The Labute approximate surface area is 142 Å². The molecular weight excluding hydrogens is 314 g/mol. The van der Waals surface area contributed by atoms with Gasteiger partial charge in [-0.1, -0.05) is 26.8 Å². The van der Waals surface area contributed by atoms with E-state index in [2.05, 4.69) is 9.80 Å². The molecule has 1 aliphatic heterocycles. The summed E-state index contributed by atoms with van der Waals surface area (Å²) < 4.78 is 26.2. The summed E-state index contributed by atoms with van der Waals surface area (Å²) in [4.78, 5) is 4.32. The van der Waals surface area contributed by atoms with E-state index in [9.17, 15) is 19.0 Å². The Bertz CT molecular complexity index is 540. The van der Waals surface area contributed by atoms with Crippen molar-refractivity contribution in [1.29, 1.82) is 0 Å². The van der Waals surface area contributed by atoms with E-state index in [0.29, 0.717) is 18.7 Å². The van der Waals surface area contributed by atoms with Crippen molar-refractivity contribution >= 4 is 0 Å². The van der Waals surface area contributed by atoms with Gasteiger partial charge in [-0.15, -0.1) is 0 Å². The number of rotatable bonds is 5. The number of hydrogen-bond acceptors (Lipinski definition) is 4. The van der Waals surface area contributed by atoms with Crippen molar-refractivity contribution in [3.05, 3.63) is 35.4 Å². The van der Waals surface area contributed by atoms with Gasteiger partial charge in [-0.3, -0.25) is 9.80 Å². The first kappa shape index (κ1) is 19.2. The van der Waals surface area contributed by atoms with Crippen LogP contribution >= 0.6 is 0 Å². The normalized spacial score (nSPS) is 20.1.